The Hall–Kier alpha value is -2.13. The van der Waals surface area contributed by atoms with Crippen LogP contribution in [0.2, 0.25) is 0 Å². The van der Waals surface area contributed by atoms with E-state index in [0.29, 0.717) is 0 Å². The Morgan fingerprint density at radius 3 is 2.22 bits per heavy atom. The van der Waals surface area contributed by atoms with Gasteiger partial charge in [0, 0.05) is 26.4 Å². The number of benzene rings is 1. The number of hydrogen-bond acceptors (Lipinski definition) is 4. The molecule has 1 aromatic carbocycles. The Morgan fingerprint density at radius 2 is 1.70 bits per heavy atom. The number of ether oxygens (including phenoxy) is 1. The fraction of sp³-hybridized carbons (Fsp3) is 0.214. The SMILES string of the molecule is CN(C)S(=O)(=O)c1ccc(Oc2cc(C(F)(F)F)ccn2)cc1. The number of sulfonamides is 1. The van der Waals surface area contributed by atoms with Crippen LogP contribution in [-0.2, 0) is 16.2 Å². The average molecular weight is 346 g/mol. The van der Waals surface area contributed by atoms with E-state index in [0.717, 1.165) is 22.6 Å². The summed E-state index contributed by atoms with van der Waals surface area (Å²) in [7, 11) is -0.789. The molecule has 23 heavy (non-hydrogen) atoms. The summed E-state index contributed by atoms with van der Waals surface area (Å²) in [5.41, 5.74) is -0.880. The van der Waals surface area contributed by atoms with Gasteiger partial charge < -0.3 is 4.74 Å². The van der Waals surface area contributed by atoms with Crippen LogP contribution in [-0.4, -0.2) is 31.8 Å². The average Bonchev–Trinajstić information content (AvgIpc) is 2.47. The molecule has 2 aromatic rings. The van der Waals surface area contributed by atoms with Crippen molar-refractivity contribution in [1.29, 1.82) is 0 Å². The van der Waals surface area contributed by atoms with Crippen molar-refractivity contribution in [2.24, 2.45) is 0 Å². The second-order valence-corrected chi connectivity index (χ2v) is 6.89. The molecule has 1 aromatic heterocycles. The summed E-state index contributed by atoms with van der Waals surface area (Å²) in [4.78, 5) is 3.75. The van der Waals surface area contributed by atoms with E-state index in [2.05, 4.69) is 4.98 Å². The number of hydrogen-bond donors (Lipinski definition) is 0. The molecule has 0 radical (unpaired) electrons. The van der Waals surface area contributed by atoms with Crippen LogP contribution in [0, 0.1) is 0 Å². The summed E-state index contributed by atoms with van der Waals surface area (Å²) in [6, 6.07) is 6.90. The van der Waals surface area contributed by atoms with Gasteiger partial charge in [-0.1, -0.05) is 0 Å². The summed E-state index contributed by atoms with van der Waals surface area (Å²) in [6.07, 6.45) is -3.51. The van der Waals surface area contributed by atoms with Crippen molar-refractivity contribution in [2.45, 2.75) is 11.1 Å². The topological polar surface area (TPSA) is 59.5 Å². The van der Waals surface area contributed by atoms with Crippen LogP contribution in [0.5, 0.6) is 11.6 Å². The number of halogens is 3. The molecule has 9 heteroatoms. The van der Waals surface area contributed by atoms with Gasteiger partial charge >= 0.3 is 6.18 Å². The maximum atomic E-state index is 12.6. The molecule has 5 nitrogen and oxygen atoms in total. The quantitative estimate of drug-likeness (QED) is 0.853. The van der Waals surface area contributed by atoms with Crippen molar-refractivity contribution >= 4 is 10.0 Å². The Bertz CT molecular complexity index is 788. The first-order chi connectivity index (χ1) is 10.6. The molecule has 1 heterocycles. The van der Waals surface area contributed by atoms with Crippen LogP contribution in [0.4, 0.5) is 13.2 Å². The van der Waals surface area contributed by atoms with E-state index >= 15 is 0 Å². The predicted octanol–water partition coefficient (Wildman–Crippen LogP) is 3.14. The summed E-state index contributed by atoms with van der Waals surface area (Å²) in [5, 5.41) is 0. The number of alkyl halides is 3. The van der Waals surface area contributed by atoms with Crippen LogP contribution in [0.25, 0.3) is 0 Å². The van der Waals surface area contributed by atoms with Crippen LogP contribution >= 0.6 is 0 Å². The minimum Gasteiger partial charge on any atom is -0.439 e. The zero-order chi connectivity index (χ0) is 17.3. The normalized spacial score (nSPS) is 12.4. The zero-order valence-electron chi connectivity index (χ0n) is 12.2. The van der Waals surface area contributed by atoms with Crippen LogP contribution in [0.1, 0.15) is 5.56 Å². The summed E-state index contributed by atoms with van der Waals surface area (Å²) >= 11 is 0. The maximum absolute atomic E-state index is 12.6. The van der Waals surface area contributed by atoms with Crippen molar-refractivity contribution < 1.29 is 26.3 Å². The lowest BCUT2D eigenvalue weighted by Gasteiger charge is -2.12. The van der Waals surface area contributed by atoms with Gasteiger partial charge in [0.25, 0.3) is 0 Å². The Labute approximate surface area is 131 Å². The molecule has 0 aliphatic rings. The highest BCUT2D eigenvalue weighted by atomic mass is 32.2. The van der Waals surface area contributed by atoms with E-state index in [-0.39, 0.29) is 16.5 Å². The van der Waals surface area contributed by atoms with Gasteiger partial charge in [-0.05, 0) is 30.3 Å². The molecule has 0 spiro atoms. The van der Waals surface area contributed by atoms with Crippen LogP contribution in [0.15, 0.2) is 47.5 Å². The van der Waals surface area contributed by atoms with Crippen molar-refractivity contribution in [3.63, 3.8) is 0 Å². The molecule has 2 rings (SSSR count). The van der Waals surface area contributed by atoms with Gasteiger partial charge in [0.15, 0.2) is 0 Å². The first-order valence-electron chi connectivity index (χ1n) is 6.34. The summed E-state index contributed by atoms with van der Waals surface area (Å²) < 4.78 is 67.9. The molecule has 0 fully saturated rings. The molecule has 0 bridgehead atoms. The van der Waals surface area contributed by atoms with Gasteiger partial charge in [-0.3, -0.25) is 0 Å². The third-order valence-corrected chi connectivity index (χ3v) is 4.72. The Morgan fingerprint density at radius 1 is 1.09 bits per heavy atom. The largest absolute Gasteiger partial charge is 0.439 e. The first kappa shape index (κ1) is 17.2. The van der Waals surface area contributed by atoms with E-state index in [1.165, 1.54) is 38.4 Å². The molecular weight excluding hydrogens is 333 g/mol. The minimum atomic E-state index is -4.50. The third-order valence-electron chi connectivity index (χ3n) is 2.89. The molecule has 0 amide bonds. The van der Waals surface area contributed by atoms with Gasteiger partial charge in [0.05, 0.1) is 10.5 Å². The molecule has 0 unspecified atom stereocenters. The summed E-state index contributed by atoms with van der Waals surface area (Å²) in [6.45, 7) is 0. The maximum Gasteiger partial charge on any atom is 0.416 e. The molecule has 0 atom stereocenters. The van der Waals surface area contributed by atoms with Gasteiger partial charge in [0.1, 0.15) is 5.75 Å². The third kappa shape index (κ3) is 3.99. The molecule has 124 valence electrons. The first-order valence-corrected chi connectivity index (χ1v) is 7.78. The van der Waals surface area contributed by atoms with E-state index in [4.69, 9.17) is 4.74 Å². The molecule has 0 aliphatic heterocycles. The van der Waals surface area contributed by atoms with Crippen molar-refractivity contribution in [2.75, 3.05) is 14.1 Å². The van der Waals surface area contributed by atoms with Crippen LogP contribution in [0.3, 0.4) is 0 Å². The van der Waals surface area contributed by atoms with E-state index in [1.54, 1.807) is 0 Å². The van der Waals surface area contributed by atoms with Crippen molar-refractivity contribution in [3.8, 4) is 11.6 Å². The molecule has 0 saturated heterocycles. The standard InChI is InChI=1S/C14H13F3N2O3S/c1-19(2)23(20,21)12-5-3-11(4-6-12)22-13-9-10(7-8-18-13)14(15,16)17/h3-9H,1-2H3. The Kier molecular flexibility index (Phi) is 4.62. The predicted molar refractivity (Wildman–Crippen MR) is 76.6 cm³/mol. The second kappa shape index (κ2) is 6.17. The minimum absolute atomic E-state index is 0.0480. The fourth-order valence-corrected chi connectivity index (χ4v) is 2.55. The molecule has 0 saturated carbocycles. The van der Waals surface area contributed by atoms with Gasteiger partial charge in [-0.2, -0.15) is 13.2 Å². The van der Waals surface area contributed by atoms with Gasteiger partial charge in [-0.15, -0.1) is 0 Å². The smallest absolute Gasteiger partial charge is 0.416 e. The number of nitrogens with zero attached hydrogens (tertiary/aromatic N) is 2. The number of pyridine rings is 1. The lowest BCUT2D eigenvalue weighted by molar-refractivity contribution is -0.137. The Balaban J connectivity index is 2.22. The lowest BCUT2D eigenvalue weighted by Crippen LogP contribution is -2.22. The van der Waals surface area contributed by atoms with Crippen LogP contribution < -0.4 is 4.74 Å². The number of rotatable bonds is 4. The highest BCUT2D eigenvalue weighted by Gasteiger charge is 2.31. The zero-order valence-corrected chi connectivity index (χ0v) is 13.0. The van der Waals surface area contributed by atoms with E-state index < -0.39 is 21.8 Å². The van der Waals surface area contributed by atoms with Gasteiger partial charge in [0.2, 0.25) is 15.9 Å². The monoisotopic (exact) mass is 346 g/mol. The lowest BCUT2D eigenvalue weighted by atomic mass is 10.2. The van der Waals surface area contributed by atoms with Gasteiger partial charge in [-0.25, -0.2) is 17.7 Å². The molecular formula is C14H13F3N2O3S. The highest BCUT2D eigenvalue weighted by Crippen LogP contribution is 2.31. The van der Waals surface area contributed by atoms with E-state index in [1.807, 2.05) is 0 Å². The number of aromatic nitrogens is 1. The van der Waals surface area contributed by atoms with E-state index in [9.17, 15) is 21.6 Å². The molecule has 0 N–H and O–H groups in total. The van der Waals surface area contributed by atoms with Crippen molar-refractivity contribution in [1.82, 2.24) is 9.29 Å². The van der Waals surface area contributed by atoms with Crippen molar-refractivity contribution in [3.05, 3.63) is 48.2 Å². The highest BCUT2D eigenvalue weighted by molar-refractivity contribution is 7.89. The second-order valence-electron chi connectivity index (χ2n) is 4.74. The molecule has 0 aliphatic carbocycles. The fourth-order valence-electron chi connectivity index (χ4n) is 1.65. The summed E-state index contributed by atoms with van der Waals surface area (Å²) in [5.74, 6) is -0.0578.